The summed E-state index contributed by atoms with van der Waals surface area (Å²) in [5, 5.41) is 2.72. The Kier molecular flexibility index (Phi) is 5.35. The van der Waals surface area contributed by atoms with E-state index in [4.69, 9.17) is 0 Å². The fourth-order valence-electron chi connectivity index (χ4n) is 2.61. The van der Waals surface area contributed by atoms with Gasteiger partial charge in [-0.25, -0.2) is 13.4 Å². The first-order chi connectivity index (χ1) is 12.4. The van der Waals surface area contributed by atoms with E-state index in [9.17, 15) is 18.0 Å². The van der Waals surface area contributed by atoms with Crippen molar-refractivity contribution in [1.29, 1.82) is 0 Å². The fraction of sp³-hybridized carbons (Fsp3) is 0.312. The minimum atomic E-state index is -3.69. The summed E-state index contributed by atoms with van der Waals surface area (Å²) < 4.78 is 26.8. The highest BCUT2D eigenvalue weighted by molar-refractivity contribution is 7.91. The Morgan fingerprint density at radius 3 is 2.38 bits per heavy atom. The molecular weight excluding hydrogens is 376 g/mol. The Bertz CT molecular complexity index is 903. The molecule has 8 nitrogen and oxygen atoms in total. The average molecular weight is 394 g/mol. The minimum Gasteiger partial charge on any atom is -0.336 e. The third-order valence-corrected chi connectivity index (χ3v) is 7.16. The van der Waals surface area contributed by atoms with Crippen LogP contribution in [-0.2, 0) is 14.8 Å². The second kappa shape index (κ2) is 7.52. The zero-order chi connectivity index (χ0) is 18.7. The second-order valence-electron chi connectivity index (χ2n) is 5.73. The van der Waals surface area contributed by atoms with Gasteiger partial charge in [-0.05, 0) is 12.1 Å². The molecule has 0 unspecified atom stereocenters. The van der Waals surface area contributed by atoms with Crippen LogP contribution >= 0.6 is 11.3 Å². The van der Waals surface area contributed by atoms with E-state index in [-0.39, 0.29) is 34.2 Å². The number of hydrogen-bond acceptors (Lipinski definition) is 6. The minimum absolute atomic E-state index is 0.0732. The first-order valence-corrected chi connectivity index (χ1v) is 10.2. The summed E-state index contributed by atoms with van der Waals surface area (Å²) >= 11 is 0.913. The predicted octanol–water partition coefficient (Wildman–Crippen LogP) is 1.25. The number of amides is 2. The number of hydrogen-bond donors (Lipinski definition) is 1. The number of aromatic nitrogens is 1. The highest BCUT2D eigenvalue weighted by Gasteiger charge is 2.31. The van der Waals surface area contributed by atoms with Gasteiger partial charge in [0.15, 0.2) is 9.34 Å². The van der Waals surface area contributed by atoms with Gasteiger partial charge in [-0.15, -0.1) is 0 Å². The standard InChI is InChI=1S/C16H18N4O4S2/c1-12(21)18-16-17-11-14(25-16)26(23,24)20-9-7-19(8-10-20)15(22)13-5-3-2-4-6-13/h2-6,11H,7-10H2,1H3,(H,17,18,21). The molecule has 2 aromatic rings. The second-order valence-corrected chi connectivity index (χ2v) is 8.92. The van der Waals surface area contributed by atoms with Crippen LogP contribution in [0.2, 0.25) is 0 Å². The van der Waals surface area contributed by atoms with E-state index in [0.29, 0.717) is 18.7 Å². The van der Waals surface area contributed by atoms with Gasteiger partial charge in [-0.3, -0.25) is 9.59 Å². The van der Waals surface area contributed by atoms with Crippen molar-refractivity contribution < 1.29 is 18.0 Å². The van der Waals surface area contributed by atoms with Gasteiger partial charge in [0.25, 0.3) is 15.9 Å². The molecule has 1 aliphatic rings. The molecule has 1 aromatic heterocycles. The zero-order valence-corrected chi connectivity index (χ0v) is 15.7. The molecule has 1 N–H and O–H groups in total. The zero-order valence-electron chi connectivity index (χ0n) is 14.1. The van der Waals surface area contributed by atoms with Gasteiger partial charge in [0.05, 0.1) is 6.20 Å². The highest BCUT2D eigenvalue weighted by Crippen LogP contribution is 2.26. The molecule has 2 heterocycles. The van der Waals surface area contributed by atoms with Gasteiger partial charge in [0.1, 0.15) is 0 Å². The predicted molar refractivity (Wildman–Crippen MR) is 97.5 cm³/mol. The monoisotopic (exact) mass is 394 g/mol. The molecule has 0 bridgehead atoms. The lowest BCUT2D eigenvalue weighted by Crippen LogP contribution is -2.50. The number of anilines is 1. The summed E-state index contributed by atoms with van der Waals surface area (Å²) in [6, 6.07) is 8.92. The van der Waals surface area contributed by atoms with E-state index >= 15 is 0 Å². The van der Waals surface area contributed by atoms with Crippen LogP contribution in [0.5, 0.6) is 0 Å². The summed E-state index contributed by atoms with van der Waals surface area (Å²) in [5.41, 5.74) is 0.589. The van der Waals surface area contributed by atoms with Crippen molar-refractivity contribution in [3.05, 3.63) is 42.1 Å². The van der Waals surface area contributed by atoms with Gasteiger partial charge in [0.2, 0.25) is 5.91 Å². The average Bonchev–Trinajstić information content (AvgIpc) is 3.10. The molecular formula is C16H18N4O4S2. The SMILES string of the molecule is CC(=O)Nc1ncc(S(=O)(=O)N2CCN(C(=O)c3ccccc3)CC2)s1. The Morgan fingerprint density at radius 1 is 1.12 bits per heavy atom. The molecule has 1 aliphatic heterocycles. The number of carbonyl (C=O) groups is 2. The lowest BCUT2D eigenvalue weighted by atomic mass is 10.2. The molecule has 1 aromatic carbocycles. The van der Waals surface area contributed by atoms with E-state index in [0.717, 1.165) is 11.3 Å². The number of nitrogens with zero attached hydrogens (tertiary/aromatic N) is 3. The van der Waals surface area contributed by atoms with Crippen LogP contribution in [0.25, 0.3) is 0 Å². The molecule has 10 heteroatoms. The van der Waals surface area contributed by atoms with Gasteiger partial charge >= 0.3 is 0 Å². The Hall–Kier alpha value is -2.30. The van der Waals surface area contributed by atoms with Crippen LogP contribution in [0.1, 0.15) is 17.3 Å². The van der Waals surface area contributed by atoms with Crippen LogP contribution < -0.4 is 5.32 Å². The number of sulfonamides is 1. The molecule has 0 saturated carbocycles. The molecule has 0 radical (unpaired) electrons. The first kappa shape index (κ1) is 18.5. The van der Waals surface area contributed by atoms with E-state index in [1.54, 1.807) is 29.2 Å². The van der Waals surface area contributed by atoms with Gasteiger partial charge in [0, 0.05) is 38.7 Å². The molecule has 1 fully saturated rings. The Morgan fingerprint density at radius 2 is 1.77 bits per heavy atom. The van der Waals surface area contributed by atoms with E-state index < -0.39 is 10.0 Å². The Labute approximate surface area is 155 Å². The number of nitrogens with one attached hydrogen (secondary N) is 1. The van der Waals surface area contributed by atoms with E-state index in [1.165, 1.54) is 17.4 Å². The van der Waals surface area contributed by atoms with E-state index in [2.05, 4.69) is 10.3 Å². The van der Waals surface area contributed by atoms with Crippen molar-refractivity contribution in [2.45, 2.75) is 11.1 Å². The van der Waals surface area contributed by atoms with Crippen molar-refractivity contribution in [2.24, 2.45) is 0 Å². The largest absolute Gasteiger partial charge is 0.336 e. The number of piperazine rings is 1. The van der Waals surface area contributed by atoms with Crippen molar-refractivity contribution >= 4 is 38.3 Å². The number of thiazole rings is 1. The molecule has 0 atom stereocenters. The first-order valence-electron chi connectivity index (χ1n) is 7.96. The van der Waals surface area contributed by atoms with E-state index in [1.807, 2.05) is 6.07 Å². The molecule has 26 heavy (non-hydrogen) atoms. The van der Waals surface area contributed by atoms with Crippen molar-refractivity contribution in [3.8, 4) is 0 Å². The molecule has 1 saturated heterocycles. The molecule has 3 rings (SSSR count). The number of rotatable bonds is 4. The maximum atomic E-state index is 12.7. The Balaban J connectivity index is 1.66. The number of carbonyl (C=O) groups excluding carboxylic acids is 2. The summed E-state index contributed by atoms with van der Waals surface area (Å²) in [6.45, 7) is 2.41. The molecule has 138 valence electrons. The lowest BCUT2D eigenvalue weighted by molar-refractivity contribution is -0.114. The topological polar surface area (TPSA) is 99.7 Å². The van der Waals surface area contributed by atoms with Crippen LogP contribution in [-0.4, -0.2) is 60.6 Å². The molecule has 2 amide bonds. The smallest absolute Gasteiger partial charge is 0.254 e. The molecule has 0 spiro atoms. The highest BCUT2D eigenvalue weighted by atomic mass is 32.2. The molecule has 0 aliphatic carbocycles. The van der Waals surface area contributed by atoms with Gasteiger partial charge < -0.3 is 10.2 Å². The maximum absolute atomic E-state index is 12.7. The van der Waals surface area contributed by atoms with Gasteiger partial charge in [-0.2, -0.15) is 4.31 Å². The normalized spacial score (nSPS) is 15.7. The van der Waals surface area contributed by atoms with Crippen molar-refractivity contribution in [3.63, 3.8) is 0 Å². The van der Waals surface area contributed by atoms with Crippen LogP contribution in [0.4, 0.5) is 5.13 Å². The summed E-state index contributed by atoms with van der Waals surface area (Å²) in [6.07, 6.45) is 1.24. The van der Waals surface area contributed by atoms with Crippen molar-refractivity contribution in [1.82, 2.24) is 14.2 Å². The quantitative estimate of drug-likeness (QED) is 0.841. The lowest BCUT2D eigenvalue weighted by Gasteiger charge is -2.33. The summed E-state index contributed by atoms with van der Waals surface area (Å²) in [7, 11) is -3.69. The summed E-state index contributed by atoms with van der Waals surface area (Å²) in [5.74, 6) is -0.412. The third kappa shape index (κ3) is 3.92. The number of benzene rings is 1. The van der Waals surface area contributed by atoms with Gasteiger partial charge in [-0.1, -0.05) is 29.5 Å². The maximum Gasteiger partial charge on any atom is 0.254 e. The van der Waals surface area contributed by atoms with Crippen LogP contribution in [0.15, 0.2) is 40.7 Å². The third-order valence-electron chi connectivity index (χ3n) is 3.91. The van der Waals surface area contributed by atoms with Crippen LogP contribution in [0.3, 0.4) is 0 Å². The van der Waals surface area contributed by atoms with Crippen molar-refractivity contribution in [2.75, 3.05) is 31.5 Å². The van der Waals surface area contributed by atoms with Crippen LogP contribution in [0, 0.1) is 0 Å². The summed E-state index contributed by atoms with van der Waals surface area (Å²) in [4.78, 5) is 29.1. The fourth-order valence-corrected chi connectivity index (χ4v) is 5.26.